The molecule has 0 aliphatic rings. The molecule has 3 nitrogen and oxygen atoms in total. The van der Waals surface area contributed by atoms with Crippen molar-refractivity contribution in [2.45, 2.75) is 20.3 Å². The van der Waals surface area contributed by atoms with Crippen molar-refractivity contribution in [2.24, 2.45) is 7.05 Å². The highest BCUT2D eigenvalue weighted by atomic mass is 15.0. The number of hydrogen-bond acceptors (Lipinski definition) is 2. The molecule has 0 spiro atoms. The number of benzene rings is 1. The molecule has 0 bridgehead atoms. The Balaban J connectivity index is 2.49. The smallest absolute Gasteiger partial charge is 0.0951 e. The van der Waals surface area contributed by atoms with Gasteiger partial charge in [-0.3, -0.25) is 0 Å². The fraction of sp³-hybridized carbons (Fsp3) is 0.400. The number of nitrogens with zero attached hydrogens (tertiary/aromatic N) is 2. The first-order chi connectivity index (χ1) is 8.65. The van der Waals surface area contributed by atoms with Crippen molar-refractivity contribution in [1.82, 2.24) is 14.9 Å². The summed E-state index contributed by atoms with van der Waals surface area (Å²) < 4.78 is 2.12. The van der Waals surface area contributed by atoms with E-state index in [4.69, 9.17) is 0 Å². The lowest BCUT2D eigenvalue weighted by Crippen LogP contribution is -2.11. The molecule has 0 fully saturated rings. The number of rotatable bonds is 4. The SMILES string of the molecule is CNCCc1ncn(C)c1-c1cccc(C)c1C. The molecule has 0 atom stereocenters. The van der Waals surface area contributed by atoms with E-state index in [9.17, 15) is 0 Å². The summed E-state index contributed by atoms with van der Waals surface area (Å²) in [6.07, 6.45) is 2.86. The molecule has 3 heteroatoms. The zero-order valence-electron chi connectivity index (χ0n) is 11.6. The van der Waals surface area contributed by atoms with Crippen molar-refractivity contribution in [3.05, 3.63) is 41.3 Å². The monoisotopic (exact) mass is 243 g/mol. The van der Waals surface area contributed by atoms with Crippen molar-refractivity contribution in [1.29, 1.82) is 0 Å². The Morgan fingerprint density at radius 2 is 2.06 bits per heavy atom. The third-order valence-corrected chi connectivity index (χ3v) is 3.48. The van der Waals surface area contributed by atoms with E-state index in [1.165, 1.54) is 28.1 Å². The number of likely N-dealkylation sites (N-methyl/N-ethyl adjacent to an activating group) is 1. The van der Waals surface area contributed by atoms with Crippen LogP contribution in [0.3, 0.4) is 0 Å². The van der Waals surface area contributed by atoms with Crippen LogP contribution in [0.25, 0.3) is 11.3 Å². The summed E-state index contributed by atoms with van der Waals surface area (Å²) in [6, 6.07) is 6.46. The first-order valence-electron chi connectivity index (χ1n) is 6.36. The van der Waals surface area contributed by atoms with Gasteiger partial charge in [-0.2, -0.15) is 0 Å². The molecule has 2 aromatic rings. The largest absolute Gasteiger partial charge is 0.334 e. The van der Waals surface area contributed by atoms with Gasteiger partial charge in [0.15, 0.2) is 0 Å². The van der Waals surface area contributed by atoms with E-state index in [1.807, 2.05) is 13.4 Å². The van der Waals surface area contributed by atoms with Crippen LogP contribution in [0.1, 0.15) is 16.8 Å². The molecule has 2 rings (SSSR count). The molecule has 0 saturated carbocycles. The van der Waals surface area contributed by atoms with Gasteiger partial charge in [-0.15, -0.1) is 0 Å². The van der Waals surface area contributed by atoms with Crippen molar-refractivity contribution >= 4 is 0 Å². The first kappa shape index (κ1) is 12.8. The van der Waals surface area contributed by atoms with Crippen LogP contribution in [0.4, 0.5) is 0 Å². The van der Waals surface area contributed by atoms with Gasteiger partial charge in [-0.05, 0) is 32.0 Å². The molecule has 0 amide bonds. The predicted molar refractivity (Wildman–Crippen MR) is 75.7 cm³/mol. The van der Waals surface area contributed by atoms with Gasteiger partial charge in [0.1, 0.15) is 0 Å². The molecule has 0 aliphatic carbocycles. The molecule has 1 N–H and O–H groups in total. The van der Waals surface area contributed by atoms with E-state index in [2.05, 4.69) is 54.0 Å². The van der Waals surface area contributed by atoms with Crippen LogP contribution in [0.2, 0.25) is 0 Å². The summed E-state index contributed by atoms with van der Waals surface area (Å²) in [6.45, 7) is 5.29. The van der Waals surface area contributed by atoms with Gasteiger partial charge in [-0.1, -0.05) is 18.2 Å². The lowest BCUT2D eigenvalue weighted by Gasteiger charge is -2.11. The second-order valence-corrected chi connectivity index (χ2v) is 4.75. The van der Waals surface area contributed by atoms with Gasteiger partial charge in [0, 0.05) is 25.6 Å². The maximum atomic E-state index is 4.52. The molecule has 0 aliphatic heterocycles. The summed E-state index contributed by atoms with van der Waals surface area (Å²) in [4.78, 5) is 4.52. The Labute approximate surface area is 109 Å². The number of imidazole rings is 1. The predicted octanol–water partition coefficient (Wildman–Crippen LogP) is 2.47. The maximum Gasteiger partial charge on any atom is 0.0951 e. The van der Waals surface area contributed by atoms with E-state index in [0.717, 1.165) is 13.0 Å². The molecule has 18 heavy (non-hydrogen) atoms. The molecular weight excluding hydrogens is 222 g/mol. The van der Waals surface area contributed by atoms with Gasteiger partial charge < -0.3 is 9.88 Å². The summed E-state index contributed by atoms with van der Waals surface area (Å²) in [7, 11) is 4.04. The number of aromatic nitrogens is 2. The molecule has 1 aromatic heterocycles. The van der Waals surface area contributed by atoms with E-state index in [-0.39, 0.29) is 0 Å². The van der Waals surface area contributed by atoms with Gasteiger partial charge in [0.25, 0.3) is 0 Å². The summed E-state index contributed by atoms with van der Waals surface area (Å²) in [5.74, 6) is 0. The van der Waals surface area contributed by atoms with Crippen LogP contribution in [-0.2, 0) is 13.5 Å². The highest BCUT2D eigenvalue weighted by Gasteiger charge is 2.13. The summed E-state index contributed by atoms with van der Waals surface area (Å²) in [5.41, 5.74) is 6.37. The Morgan fingerprint density at radius 1 is 1.28 bits per heavy atom. The van der Waals surface area contributed by atoms with Crippen LogP contribution >= 0.6 is 0 Å². The molecule has 0 unspecified atom stereocenters. The van der Waals surface area contributed by atoms with Gasteiger partial charge in [0.05, 0.1) is 17.7 Å². The Bertz CT molecular complexity index is 541. The van der Waals surface area contributed by atoms with Crippen molar-refractivity contribution < 1.29 is 0 Å². The molecule has 1 heterocycles. The van der Waals surface area contributed by atoms with Crippen LogP contribution in [0.15, 0.2) is 24.5 Å². The number of aryl methyl sites for hydroxylation is 2. The normalized spacial score (nSPS) is 10.9. The zero-order valence-corrected chi connectivity index (χ0v) is 11.6. The van der Waals surface area contributed by atoms with E-state index < -0.39 is 0 Å². The van der Waals surface area contributed by atoms with Gasteiger partial charge >= 0.3 is 0 Å². The topological polar surface area (TPSA) is 29.9 Å². The van der Waals surface area contributed by atoms with Crippen LogP contribution < -0.4 is 5.32 Å². The minimum Gasteiger partial charge on any atom is -0.334 e. The zero-order chi connectivity index (χ0) is 13.1. The Morgan fingerprint density at radius 3 is 2.78 bits per heavy atom. The van der Waals surface area contributed by atoms with Crippen LogP contribution in [-0.4, -0.2) is 23.1 Å². The number of hydrogen-bond donors (Lipinski definition) is 1. The van der Waals surface area contributed by atoms with Gasteiger partial charge in [0.2, 0.25) is 0 Å². The summed E-state index contributed by atoms with van der Waals surface area (Å²) >= 11 is 0. The summed E-state index contributed by atoms with van der Waals surface area (Å²) in [5, 5.41) is 3.18. The fourth-order valence-corrected chi connectivity index (χ4v) is 2.26. The third kappa shape index (κ3) is 2.31. The van der Waals surface area contributed by atoms with E-state index in [1.54, 1.807) is 0 Å². The minimum atomic E-state index is 0.953. The van der Waals surface area contributed by atoms with E-state index in [0.29, 0.717) is 0 Å². The maximum absolute atomic E-state index is 4.52. The lowest BCUT2D eigenvalue weighted by molar-refractivity contribution is 0.780. The van der Waals surface area contributed by atoms with Crippen LogP contribution in [0.5, 0.6) is 0 Å². The average molecular weight is 243 g/mol. The molecule has 0 saturated heterocycles. The standard InChI is InChI=1S/C15H21N3/c1-11-6-5-7-13(12(11)2)15-14(8-9-16-3)17-10-18(15)4/h5-7,10,16H,8-9H2,1-4H3. The van der Waals surface area contributed by atoms with Crippen molar-refractivity contribution in [3.63, 3.8) is 0 Å². The quantitative estimate of drug-likeness (QED) is 0.894. The van der Waals surface area contributed by atoms with Crippen molar-refractivity contribution in [2.75, 3.05) is 13.6 Å². The Kier molecular flexibility index (Phi) is 3.82. The van der Waals surface area contributed by atoms with E-state index >= 15 is 0 Å². The Hall–Kier alpha value is -1.61. The fourth-order valence-electron chi connectivity index (χ4n) is 2.26. The van der Waals surface area contributed by atoms with Gasteiger partial charge in [-0.25, -0.2) is 4.98 Å². The average Bonchev–Trinajstić information content (AvgIpc) is 2.72. The first-order valence-corrected chi connectivity index (χ1v) is 6.36. The van der Waals surface area contributed by atoms with Crippen molar-refractivity contribution in [3.8, 4) is 11.3 Å². The molecule has 96 valence electrons. The minimum absolute atomic E-state index is 0.953. The highest BCUT2D eigenvalue weighted by Crippen LogP contribution is 2.27. The molecular formula is C15H21N3. The second kappa shape index (κ2) is 5.36. The van der Waals surface area contributed by atoms with Crippen LogP contribution in [0, 0.1) is 13.8 Å². The highest BCUT2D eigenvalue weighted by molar-refractivity contribution is 5.67. The molecule has 0 radical (unpaired) electrons. The number of nitrogens with one attached hydrogen (secondary N) is 1. The lowest BCUT2D eigenvalue weighted by atomic mass is 9.99. The molecule has 1 aromatic carbocycles. The third-order valence-electron chi connectivity index (χ3n) is 3.48. The second-order valence-electron chi connectivity index (χ2n) is 4.75.